The first-order chi connectivity index (χ1) is 9.87. The Balaban J connectivity index is 0.00000176. The van der Waals surface area contributed by atoms with Crippen molar-refractivity contribution in [3.63, 3.8) is 0 Å². The molecular formula is C14H15ClF4N2O. The minimum atomic E-state index is -2.90. The minimum Gasteiger partial charge on any atom is -0.337 e. The van der Waals surface area contributed by atoms with Gasteiger partial charge in [-0.1, -0.05) is 0 Å². The van der Waals surface area contributed by atoms with Crippen molar-refractivity contribution in [2.75, 3.05) is 13.1 Å². The van der Waals surface area contributed by atoms with Crippen LogP contribution in [0, 0.1) is 11.6 Å². The van der Waals surface area contributed by atoms with Crippen LogP contribution in [0.2, 0.25) is 0 Å². The van der Waals surface area contributed by atoms with Gasteiger partial charge in [-0.15, -0.1) is 12.4 Å². The van der Waals surface area contributed by atoms with E-state index < -0.39 is 42.5 Å². The molecule has 3 nitrogen and oxygen atoms in total. The number of carbonyl (C=O) groups excluding carboxylic acids is 1. The molecule has 1 N–H and O–H groups in total. The molecule has 1 unspecified atom stereocenters. The maximum absolute atomic E-state index is 13.7. The summed E-state index contributed by atoms with van der Waals surface area (Å²) in [5, 5.41) is 2.48. The number of rotatable bonds is 1. The van der Waals surface area contributed by atoms with Crippen LogP contribution in [0.5, 0.6) is 0 Å². The molecule has 0 aliphatic carbocycles. The Hall–Kier alpha value is -1.34. The lowest BCUT2D eigenvalue weighted by molar-refractivity contribution is -0.134. The van der Waals surface area contributed by atoms with Crippen LogP contribution in [0.3, 0.4) is 0 Å². The molecule has 22 heavy (non-hydrogen) atoms. The van der Waals surface area contributed by atoms with Gasteiger partial charge < -0.3 is 4.90 Å². The number of nitrogens with zero attached hydrogens (tertiary/aromatic N) is 1. The third kappa shape index (κ3) is 3.05. The molecule has 1 aromatic rings. The number of benzene rings is 1. The number of fused-ring (bicyclic) bond motifs is 1. The van der Waals surface area contributed by atoms with Crippen LogP contribution < -0.4 is 5.32 Å². The van der Waals surface area contributed by atoms with E-state index in [1.54, 1.807) is 0 Å². The first kappa shape index (κ1) is 17.0. The number of nitrogens with one attached hydrogen (secondary N) is 1. The second kappa shape index (κ2) is 6.04. The Morgan fingerprint density at radius 1 is 1.23 bits per heavy atom. The molecule has 0 aromatic heterocycles. The molecular weight excluding hydrogens is 324 g/mol. The van der Waals surface area contributed by atoms with E-state index in [1.165, 1.54) is 4.90 Å². The highest BCUT2D eigenvalue weighted by Crippen LogP contribution is 2.29. The molecule has 0 saturated carbocycles. The summed E-state index contributed by atoms with van der Waals surface area (Å²) in [6, 6.07) is 1.12. The van der Waals surface area contributed by atoms with Gasteiger partial charge in [0.1, 0.15) is 11.6 Å². The van der Waals surface area contributed by atoms with Crippen LogP contribution in [-0.4, -0.2) is 35.9 Å². The minimum absolute atomic E-state index is 0. The third-order valence-electron chi connectivity index (χ3n) is 4.02. The van der Waals surface area contributed by atoms with Gasteiger partial charge >= 0.3 is 0 Å². The molecule has 0 radical (unpaired) electrons. The average Bonchev–Trinajstić information content (AvgIpc) is 2.82. The second-order valence-corrected chi connectivity index (χ2v) is 5.49. The smallest absolute Gasteiger partial charge is 0.262 e. The molecule has 1 atom stereocenters. The molecule has 1 fully saturated rings. The third-order valence-corrected chi connectivity index (χ3v) is 4.02. The summed E-state index contributed by atoms with van der Waals surface area (Å²) in [6.45, 7) is -0.408. The quantitative estimate of drug-likeness (QED) is 0.797. The zero-order chi connectivity index (χ0) is 15.2. The van der Waals surface area contributed by atoms with E-state index in [2.05, 4.69) is 5.32 Å². The summed E-state index contributed by atoms with van der Waals surface area (Å²) < 4.78 is 53.6. The lowest BCUT2D eigenvalue weighted by Gasteiger charge is -2.31. The Labute approximate surface area is 131 Å². The van der Waals surface area contributed by atoms with E-state index in [0.717, 1.165) is 12.1 Å². The Kier molecular flexibility index (Phi) is 4.67. The maximum Gasteiger partial charge on any atom is 0.262 e. The SMILES string of the molecule is Cl.O=C(C1CC(F)(F)CN1)N1CCc2c(F)ccc(F)c2C1. The molecule has 0 spiro atoms. The maximum atomic E-state index is 13.7. The van der Waals surface area contributed by atoms with Crippen molar-refractivity contribution in [3.05, 3.63) is 34.9 Å². The molecule has 2 aliphatic rings. The first-order valence-corrected chi connectivity index (χ1v) is 6.73. The summed E-state index contributed by atoms with van der Waals surface area (Å²) in [4.78, 5) is 13.5. The molecule has 8 heteroatoms. The molecule has 1 aromatic carbocycles. The van der Waals surface area contributed by atoms with Crippen molar-refractivity contribution >= 4 is 18.3 Å². The fourth-order valence-electron chi connectivity index (χ4n) is 2.89. The van der Waals surface area contributed by atoms with Crippen molar-refractivity contribution in [2.24, 2.45) is 0 Å². The van der Waals surface area contributed by atoms with Crippen molar-refractivity contribution in [3.8, 4) is 0 Å². The molecule has 2 heterocycles. The molecule has 1 amide bonds. The Bertz CT molecular complexity index is 596. The van der Waals surface area contributed by atoms with Crippen LogP contribution in [0.25, 0.3) is 0 Å². The van der Waals surface area contributed by atoms with Crippen LogP contribution in [0.4, 0.5) is 17.6 Å². The lowest BCUT2D eigenvalue weighted by Crippen LogP contribution is -2.46. The van der Waals surface area contributed by atoms with Crippen LogP contribution in [0.15, 0.2) is 12.1 Å². The van der Waals surface area contributed by atoms with Gasteiger partial charge in [-0.3, -0.25) is 10.1 Å². The molecule has 122 valence electrons. The summed E-state index contributed by atoms with van der Waals surface area (Å²) in [7, 11) is 0. The molecule has 0 bridgehead atoms. The van der Waals surface area contributed by atoms with E-state index in [1.807, 2.05) is 0 Å². The van der Waals surface area contributed by atoms with E-state index >= 15 is 0 Å². The van der Waals surface area contributed by atoms with Crippen molar-refractivity contribution in [1.29, 1.82) is 0 Å². The number of amides is 1. The van der Waals surface area contributed by atoms with Gasteiger partial charge in [-0.2, -0.15) is 0 Å². The van der Waals surface area contributed by atoms with Crippen molar-refractivity contribution in [1.82, 2.24) is 10.2 Å². The monoisotopic (exact) mass is 338 g/mol. The average molecular weight is 339 g/mol. The summed E-state index contributed by atoms with van der Waals surface area (Å²) in [6.07, 6.45) is -0.366. The Morgan fingerprint density at radius 2 is 1.86 bits per heavy atom. The van der Waals surface area contributed by atoms with Gasteiger partial charge in [0.2, 0.25) is 5.91 Å². The van der Waals surface area contributed by atoms with Crippen molar-refractivity contribution < 1.29 is 22.4 Å². The largest absolute Gasteiger partial charge is 0.337 e. The summed E-state index contributed by atoms with van der Waals surface area (Å²) in [5.74, 6) is -4.45. The number of hydrogen-bond acceptors (Lipinski definition) is 2. The predicted molar refractivity (Wildman–Crippen MR) is 74.1 cm³/mol. The van der Waals surface area contributed by atoms with Crippen LogP contribution in [0.1, 0.15) is 17.5 Å². The lowest BCUT2D eigenvalue weighted by atomic mass is 9.98. The fraction of sp³-hybridized carbons (Fsp3) is 0.500. The number of halogens is 5. The van der Waals surface area contributed by atoms with E-state index in [4.69, 9.17) is 0 Å². The highest BCUT2D eigenvalue weighted by Gasteiger charge is 2.44. The van der Waals surface area contributed by atoms with Crippen LogP contribution in [-0.2, 0) is 17.8 Å². The second-order valence-electron chi connectivity index (χ2n) is 5.49. The molecule has 3 rings (SSSR count). The zero-order valence-corrected chi connectivity index (χ0v) is 12.4. The predicted octanol–water partition coefficient (Wildman–Crippen LogP) is 2.27. The molecule has 1 saturated heterocycles. The van der Waals surface area contributed by atoms with Gasteiger partial charge in [0.15, 0.2) is 0 Å². The van der Waals surface area contributed by atoms with Gasteiger partial charge in [0.25, 0.3) is 5.92 Å². The van der Waals surface area contributed by atoms with Crippen molar-refractivity contribution in [2.45, 2.75) is 31.4 Å². The fourth-order valence-corrected chi connectivity index (χ4v) is 2.89. The summed E-state index contributed by atoms with van der Waals surface area (Å²) >= 11 is 0. The first-order valence-electron chi connectivity index (χ1n) is 6.73. The number of hydrogen-bond donors (Lipinski definition) is 1. The molecule has 2 aliphatic heterocycles. The Morgan fingerprint density at radius 3 is 2.45 bits per heavy atom. The number of alkyl halides is 2. The summed E-state index contributed by atoms with van der Waals surface area (Å²) in [5.41, 5.74) is 0.406. The zero-order valence-electron chi connectivity index (χ0n) is 11.5. The van der Waals surface area contributed by atoms with Gasteiger partial charge in [-0.25, -0.2) is 17.6 Å². The normalized spacial score (nSPS) is 22.9. The van der Waals surface area contributed by atoms with E-state index in [0.29, 0.717) is 0 Å². The van der Waals surface area contributed by atoms with Gasteiger partial charge in [0, 0.05) is 25.1 Å². The topological polar surface area (TPSA) is 32.3 Å². The standard InChI is InChI=1S/C14H14F4N2O.ClH/c15-10-1-2-11(16)9-6-20(4-3-8(9)10)13(21)12-5-14(17,18)7-19-12;/h1-2,12,19H,3-7H2;1H. The number of carbonyl (C=O) groups is 1. The van der Waals surface area contributed by atoms with Crippen LogP contribution >= 0.6 is 12.4 Å². The van der Waals surface area contributed by atoms with Gasteiger partial charge in [0.05, 0.1) is 12.6 Å². The van der Waals surface area contributed by atoms with E-state index in [-0.39, 0.29) is 43.0 Å². The van der Waals surface area contributed by atoms with Gasteiger partial charge in [-0.05, 0) is 24.1 Å². The highest BCUT2D eigenvalue weighted by atomic mass is 35.5. The van der Waals surface area contributed by atoms with E-state index in [9.17, 15) is 22.4 Å². The highest BCUT2D eigenvalue weighted by molar-refractivity contribution is 5.85.